The van der Waals surface area contributed by atoms with Crippen LogP contribution in [-0.2, 0) is 18.4 Å². The van der Waals surface area contributed by atoms with E-state index in [4.69, 9.17) is 4.74 Å². The highest BCUT2D eigenvalue weighted by Crippen LogP contribution is 2.36. The molecule has 160 valence electrons. The van der Waals surface area contributed by atoms with E-state index in [1.807, 2.05) is 50.4 Å². The van der Waals surface area contributed by atoms with Crippen LogP contribution in [0.15, 0.2) is 58.5 Å². The molecular formula is C24H25N3O3S. The van der Waals surface area contributed by atoms with E-state index in [1.165, 1.54) is 17.3 Å². The quantitative estimate of drug-likeness (QED) is 0.463. The molecule has 4 rings (SSSR count). The average molecular weight is 436 g/mol. The number of rotatable bonds is 6. The first-order valence-corrected chi connectivity index (χ1v) is 11.3. The number of ether oxygens (including phenoxy) is 1. The van der Waals surface area contributed by atoms with E-state index in [9.17, 15) is 9.59 Å². The minimum Gasteiger partial charge on any atom is -0.489 e. The fraction of sp³-hybridized carbons (Fsp3) is 0.292. The van der Waals surface area contributed by atoms with Gasteiger partial charge in [0.05, 0.1) is 5.56 Å². The van der Waals surface area contributed by atoms with Crippen LogP contribution >= 0.6 is 11.8 Å². The zero-order valence-corrected chi connectivity index (χ0v) is 18.7. The number of thioether (sulfide) groups is 1. The molecule has 6 nitrogen and oxygen atoms in total. The Kier molecular flexibility index (Phi) is 6.13. The second kappa shape index (κ2) is 8.98. The van der Waals surface area contributed by atoms with Gasteiger partial charge in [0.1, 0.15) is 18.2 Å². The van der Waals surface area contributed by atoms with Crippen molar-refractivity contribution in [1.82, 2.24) is 9.55 Å². The Morgan fingerprint density at radius 3 is 2.68 bits per heavy atom. The normalized spacial score (nSPS) is 15.3. The Morgan fingerprint density at radius 2 is 1.97 bits per heavy atom. The van der Waals surface area contributed by atoms with Crippen LogP contribution in [0.2, 0.25) is 0 Å². The van der Waals surface area contributed by atoms with E-state index >= 15 is 0 Å². The zero-order valence-electron chi connectivity index (χ0n) is 17.8. The molecule has 3 aromatic rings. The molecule has 1 N–H and O–H groups in total. The van der Waals surface area contributed by atoms with Gasteiger partial charge in [-0.15, -0.1) is 0 Å². The summed E-state index contributed by atoms with van der Waals surface area (Å²) in [6, 6.07) is 15.8. The number of aromatic nitrogens is 2. The van der Waals surface area contributed by atoms with Crippen LogP contribution in [0.5, 0.6) is 5.75 Å². The highest BCUT2D eigenvalue weighted by molar-refractivity contribution is 7.99. The third kappa shape index (κ3) is 4.51. The second-order valence-electron chi connectivity index (χ2n) is 7.61. The monoisotopic (exact) mass is 435 g/mol. The van der Waals surface area contributed by atoms with Gasteiger partial charge in [-0.1, -0.05) is 60.6 Å². The number of anilines is 1. The van der Waals surface area contributed by atoms with Crippen LogP contribution in [0, 0.1) is 6.92 Å². The van der Waals surface area contributed by atoms with Crippen molar-refractivity contribution < 1.29 is 9.53 Å². The summed E-state index contributed by atoms with van der Waals surface area (Å²) in [7, 11) is 1.83. The number of hydrogen-bond donors (Lipinski definition) is 1. The lowest BCUT2D eigenvalue weighted by atomic mass is 9.87. The van der Waals surface area contributed by atoms with Crippen LogP contribution in [0.3, 0.4) is 0 Å². The van der Waals surface area contributed by atoms with Crippen molar-refractivity contribution >= 4 is 23.5 Å². The van der Waals surface area contributed by atoms with E-state index in [2.05, 4.69) is 29.4 Å². The lowest BCUT2D eigenvalue weighted by Gasteiger charge is -2.27. The van der Waals surface area contributed by atoms with Crippen molar-refractivity contribution in [2.45, 2.75) is 37.9 Å². The Labute approximate surface area is 185 Å². The highest BCUT2D eigenvalue weighted by atomic mass is 32.2. The molecule has 1 aliphatic heterocycles. The standard InChI is InChI=1S/C24H25N3O3S/c1-4-31-24-26-23(29)21-19(13-20(28)25-22(21)27(24)3)17-8-10-18(11-9-17)30-14-16-7-5-6-15(2)12-16/h5-12,19H,4,13-14H2,1-3H3,(H,25,28). The van der Waals surface area contributed by atoms with Crippen LogP contribution < -0.4 is 15.6 Å². The molecule has 1 atom stereocenters. The fourth-order valence-corrected chi connectivity index (χ4v) is 4.53. The first-order valence-electron chi connectivity index (χ1n) is 10.3. The van der Waals surface area contributed by atoms with E-state index in [-0.39, 0.29) is 23.8 Å². The SMILES string of the molecule is CCSc1nc(=O)c2c(n1C)NC(=O)CC2c1ccc(OCc2cccc(C)c2)cc1. The van der Waals surface area contributed by atoms with Gasteiger partial charge in [0.15, 0.2) is 5.16 Å². The van der Waals surface area contributed by atoms with Gasteiger partial charge >= 0.3 is 0 Å². The highest BCUT2D eigenvalue weighted by Gasteiger charge is 2.32. The number of aryl methyl sites for hydroxylation is 1. The molecule has 0 aliphatic carbocycles. The van der Waals surface area contributed by atoms with E-state index in [0.717, 1.165) is 22.6 Å². The summed E-state index contributed by atoms with van der Waals surface area (Å²) < 4.78 is 7.71. The number of nitrogens with one attached hydrogen (secondary N) is 1. The molecule has 1 amide bonds. The Bertz CT molecular complexity index is 1170. The fourth-order valence-electron chi connectivity index (χ4n) is 3.84. The van der Waals surface area contributed by atoms with Crippen molar-refractivity contribution in [3.05, 3.63) is 81.1 Å². The number of amides is 1. The van der Waals surface area contributed by atoms with Crippen molar-refractivity contribution in [1.29, 1.82) is 0 Å². The van der Waals surface area contributed by atoms with Crippen LogP contribution in [0.1, 0.15) is 41.5 Å². The maximum absolute atomic E-state index is 12.8. The number of fused-ring (bicyclic) bond motifs is 1. The molecular weight excluding hydrogens is 410 g/mol. The van der Waals surface area contributed by atoms with Gasteiger partial charge in [-0.05, 0) is 35.9 Å². The van der Waals surface area contributed by atoms with Gasteiger partial charge in [-0.3, -0.25) is 9.59 Å². The predicted molar refractivity (Wildman–Crippen MR) is 123 cm³/mol. The average Bonchev–Trinajstić information content (AvgIpc) is 2.76. The summed E-state index contributed by atoms with van der Waals surface area (Å²) in [6.45, 7) is 4.54. The van der Waals surface area contributed by atoms with Crippen LogP contribution in [-0.4, -0.2) is 21.2 Å². The summed E-state index contributed by atoms with van der Waals surface area (Å²) >= 11 is 1.48. The molecule has 2 aromatic carbocycles. The lowest BCUT2D eigenvalue weighted by molar-refractivity contribution is -0.116. The summed E-state index contributed by atoms with van der Waals surface area (Å²) in [5.41, 5.74) is 3.46. The zero-order chi connectivity index (χ0) is 22.0. The smallest absolute Gasteiger partial charge is 0.279 e. The first kappa shape index (κ1) is 21.2. The second-order valence-corrected chi connectivity index (χ2v) is 8.84. The number of carbonyl (C=O) groups is 1. The van der Waals surface area contributed by atoms with E-state index < -0.39 is 0 Å². The van der Waals surface area contributed by atoms with Crippen molar-refractivity contribution in [2.75, 3.05) is 11.1 Å². The molecule has 0 saturated carbocycles. The number of carbonyl (C=O) groups excluding carboxylic acids is 1. The lowest BCUT2D eigenvalue weighted by Crippen LogP contribution is -2.33. The van der Waals surface area contributed by atoms with E-state index in [0.29, 0.717) is 23.1 Å². The van der Waals surface area contributed by atoms with Crippen LogP contribution in [0.25, 0.3) is 0 Å². The molecule has 0 spiro atoms. The molecule has 0 radical (unpaired) electrons. The molecule has 2 heterocycles. The largest absolute Gasteiger partial charge is 0.489 e. The summed E-state index contributed by atoms with van der Waals surface area (Å²) in [4.78, 5) is 29.5. The molecule has 0 saturated heterocycles. The summed E-state index contributed by atoms with van der Waals surface area (Å²) in [6.07, 6.45) is 0.216. The minimum atomic E-state index is -0.332. The Morgan fingerprint density at radius 1 is 1.19 bits per heavy atom. The Balaban J connectivity index is 1.60. The number of benzene rings is 2. The van der Waals surface area contributed by atoms with Crippen molar-refractivity contribution in [3.63, 3.8) is 0 Å². The predicted octanol–water partition coefficient (Wildman–Crippen LogP) is 4.25. The topological polar surface area (TPSA) is 73.2 Å². The summed E-state index contributed by atoms with van der Waals surface area (Å²) in [5.74, 6) is 1.64. The van der Waals surface area contributed by atoms with Crippen LogP contribution in [0.4, 0.5) is 5.82 Å². The summed E-state index contributed by atoms with van der Waals surface area (Å²) in [5, 5.41) is 3.47. The molecule has 1 aliphatic rings. The molecule has 0 bridgehead atoms. The molecule has 0 fully saturated rings. The molecule has 7 heteroatoms. The number of hydrogen-bond acceptors (Lipinski definition) is 5. The molecule has 31 heavy (non-hydrogen) atoms. The van der Waals surface area contributed by atoms with Gasteiger partial charge in [0.25, 0.3) is 5.56 Å². The molecule has 1 aromatic heterocycles. The third-order valence-corrected chi connectivity index (χ3v) is 6.26. The van der Waals surface area contributed by atoms with Crippen molar-refractivity contribution in [3.8, 4) is 5.75 Å². The van der Waals surface area contributed by atoms with Gasteiger partial charge in [0, 0.05) is 19.4 Å². The number of nitrogens with zero attached hydrogens (tertiary/aromatic N) is 2. The van der Waals surface area contributed by atoms with Crippen molar-refractivity contribution in [2.24, 2.45) is 7.05 Å². The minimum absolute atomic E-state index is 0.106. The van der Waals surface area contributed by atoms with Gasteiger partial charge < -0.3 is 14.6 Å². The maximum atomic E-state index is 12.8. The third-order valence-electron chi connectivity index (χ3n) is 5.34. The van der Waals surface area contributed by atoms with Gasteiger partial charge in [-0.25, -0.2) is 0 Å². The van der Waals surface area contributed by atoms with Gasteiger partial charge in [0.2, 0.25) is 5.91 Å². The van der Waals surface area contributed by atoms with Gasteiger partial charge in [-0.2, -0.15) is 4.98 Å². The molecule has 1 unspecified atom stereocenters. The van der Waals surface area contributed by atoms with E-state index in [1.54, 1.807) is 4.57 Å². The first-order chi connectivity index (χ1) is 15.0. The maximum Gasteiger partial charge on any atom is 0.279 e. The Hall–Kier alpha value is -3.06.